The SMILES string of the molecule is CC(C)(C)OC(=O)N1CCC=C[C@H]1CO[Si-](c1ccccc1)(c1ccccc1)C(C)(C)C. The van der Waals surface area contributed by atoms with E-state index in [0.717, 1.165) is 6.42 Å². The lowest BCUT2D eigenvalue weighted by Gasteiger charge is -2.56. The van der Waals surface area contributed by atoms with Gasteiger partial charge in [0.1, 0.15) is 5.60 Å². The van der Waals surface area contributed by atoms with Gasteiger partial charge in [0.2, 0.25) is 0 Å². The maximum atomic E-state index is 12.9. The molecule has 1 heterocycles. The summed E-state index contributed by atoms with van der Waals surface area (Å²) in [6.45, 7) is 13.6. The van der Waals surface area contributed by atoms with Crippen molar-refractivity contribution in [2.75, 3.05) is 13.2 Å². The molecule has 1 atom stereocenters. The van der Waals surface area contributed by atoms with Crippen molar-refractivity contribution in [3.63, 3.8) is 0 Å². The number of hydrogen-bond donors (Lipinski definition) is 0. The molecular formula is C27H37NO3Si-. The fourth-order valence-corrected chi connectivity index (χ4v) is 8.98. The molecule has 3 rings (SSSR count). The van der Waals surface area contributed by atoms with Crippen molar-refractivity contribution in [2.24, 2.45) is 0 Å². The van der Waals surface area contributed by atoms with Gasteiger partial charge in [-0.05, 0) is 27.2 Å². The highest BCUT2D eigenvalue weighted by molar-refractivity contribution is 6.99. The second kappa shape index (κ2) is 9.63. The number of amides is 1. The number of carbonyl (C=O) groups excluding carboxylic acids is 1. The van der Waals surface area contributed by atoms with Crippen molar-refractivity contribution in [3.8, 4) is 0 Å². The minimum absolute atomic E-state index is 0.106. The quantitative estimate of drug-likeness (QED) is 0.467. The zero-order chi connectivity index (χ0) is 23.4. The average Bonchev–Trinajstić information content (AvgIpc) is 2.74. The summed E-state index contributed by atoms with van der Waals surface area (Å²) in [5.41, 5.74) is -0.526. The van der Waals surface area contributed by atoms with Crippen molar-refractivity contribution in [2.45, 2.75) is 64.6 Å². The highest BCUT2D eigenvalue weighted by Crippen LogP contribution is 2.37. The van der Waals surface area contributed by atoms with Crippen LogP contribution in [0.5, 0.6) is 0 Å². The van der Waals surface area contributed by atoms with Crippen molar-refractivity contribution in [3.05, 3.63) is 72.8 Å². The van der Waals surface area contributed by atoms with Crippen LogP contribution in [0.2, 0.25) is 5.04 Å². The van der Waals surface area contributed by atoms with E-state index in [-0.39, 0.29) is 17.2 Å². The summed E-state index contributed by atoms with van der Waals surface area (Å²) in [5, 5.41) is 2.37. The number of rotatable bonds is 5. The van der Waals surface area contributed by atoms with Crippen LogP contribution >= 0.6 is 0 Å². The molecule has 5 heteroatoms. The van der Waals surface area contributed by atoms with E-state index < -0.39 is 13.9 Å². The molecule has 0 radical (unpaired) electrons. The molecule has 32 heavy (non-hydrogen) atoms. The fourth-order valence-electron chi connectivity index (χ4n) is 4.40. The smallest absolute Gasteiger partial charge is 0.410 e. The predicted molar refractivity (Wildman–Crippen MR) is 134 cm³/mol. The Morgan fingerprint density at radius 3 is 1.94 bits per heavy atom. The van der Waals surface area contributed by atoms with Crippen LogP contribution < -0.4 is 10.4 Å². The normalized spacial score (nSPS) is 17.3. The Kier molecular flexibility index (Phi) is 7.31. The minimum atomic E-state index is -2.66. The van der Waals surface area contributed by atoms with Crippen molar-refractivity contribution < 1.29 is 14.0 Å². The largest absolute Gasteiger partial charge is 0.556 e. The Bertz CT molecular complexity index is 874. The number of hydrogen-bond acceptors (Lipinski definition) is 3. The van der Waals surface area contributed by atoms with Crippen molar-refractivity contribution in [1.82, 2.24) is 4.90 Å². The number of carbonyl (C=O) groups is 1. The van der Waals surface area contributed by atoms with Gasteiger partial charge in [-0.25, -0.2) is 4.79 Å². The highest BCUT2D eigenvalue weighted by atomic mass is 28.4. The Morgan fingerprint density at radius 2 is 1.47 bits per heavy atom. The van der Waals surface area contributed by atoms with E-state index in [1.807, 2.05) is 37.8 Å². The van der Waals surface area contributed by atoms with Gasteiger partial charge in [0.15, 0.2) is 0 Å². The number of ether oxygens (including phenoxy) is 1. The molecule has 2 aromatic carbocycles. The first kappa shape index (κ1) is 24.3. The lowest BCUT2D eigenvalue weighted by molar-refractivity contribution is 0.0147. The maximum Gasteiger partial charge on any atom is 0.410 e. The van der Waals surface area contributed by atoms with E-state index >= 15 is 0 Å². The van der Waals surface area contributed by atoms with Gasteiger partial charge in [0.05, 0.1) is 14.4 Å². The Labute approximate surface area is 194 Å². The molecule has 0 spiro atoms. The summed E-state index contributed by atoms with van der Waals surface area (Å²) in [6, 6.07) is 21.0. The summed E-state index contributed by atoms with van der Waals surface area (Å²) in [4.78, 5) is 14.7. The summed E-state index contributed by atoms with van der Waals surface area (Å²) >= 11 is 0. The first-order valence-electron chi connectivity index (χ1n) is 11.5. The number of nitrogens with zero attached hydrogens (tertiary/aromatic N) is 1. The van der Waals surface area contributed by atoms with Crippen LogP contribution in [0.3, 0.4) is 0 Å². The van der Waals surface area contributed by atoms with Crippen LogP contribution in [0.25, 0.3) is 0 Å². The molecule has 0 saturated carbocycles. The van der Waals surface area contributed by atoms with Gasteiger partial charge in [-0.1, -0.05) is 93.6 Å². The summed E-state index contributed by atoms with van der Waals surface area (Å²) in [7, 11) is -2.66. The molecule has 0 N–H and O–H groups in total. The van der Waals surface area contributed by atoms with E-state index in [2.05, 4.69) is 81.5 Å². The molecule has 0 aliphatic carbocycles. The third kappa shape index (κ3) is 5.33. The van der Waals surface area contributed by atoms with Gasteiger partial charge < -0.3 is 9.16 Å². The molecule has 173 valence electrons. The lowest BCUT2D eigenvalue weighted by Crippen LogP contribution is -2.67. The Morgan fingerprint density at radius 1 is 0.938 bits per heavy atom. The lowest BCUT2D eigenvalue weighted by atomic mass is 10.1. The second-order valence-corrected chi connectivity index (χ2v) is 14.7. The second-order valence-electron chi connectivity index (χ2n) is 10.4. The highest BCUT2D eigenvalue weighted by Gasteiger charge is 2.38. The van der Waals surface area contributed by atoms with Crippen LogP contribution in [0.1, 0.15) is 48.0 Å². The zero-order valence-electron chi connectivity index (χ0n) is 20.3. The molecule has 1 aliphatic rings. The van der Waals surface area contributed by atoms with E-state index in [1.165, 1.54) is 10.4 Å². The van der Waals surface area contributed by atoms with Crippen molar-refractivity contribution >= 4 is 24.8 Å². The monoisotopic (exact) mass is 451 g/mol. The van der Waals surface area contributed by atoms with E-state index in [1.54, 1.807) is 0 Å². The summed E-state index contributed by atoms with van der Waals surface area (Å²) < 4.78 is 12.7. The van der Waals surface area contributed by atoms with Crippen molar-refractivity contribution in [1.29, 1.82) is 0 Å². The third-order valence-electron chi connectivity index (χ3n) is 5.81. The van der Waals surface area contributed by atoms with Gasteiger partial charge in [-0.2, -0.15) is 10.4 Å². The molecule has 0 aromatic heterocycles. The predicted octanol–water partition coefficient (Wildman–Crippen LogP) is 5.13. The molecule has 1 amide bonds. The number of benzene rings is 2. The van der Waals surface area contributed by atoms with Gasteiger partial charge in [0.25, 0.3) is 0 Å². The van der Waals surface area contributed by atoms with Gasteiger partial charge in [-0.15, -0.1) is 5.04 Å². The topological polar surface area (TPSA) is 38.8 Å². The van der Waals surface area contributed by atoms with Crippen LogP contribution in [-0.2, 0) is 9.16 Å². The Hall–Kier alpha value is -2.37. The van der Waals surface area contributed by atoms with Crippen LogP contribution in [-0.4, -0.2) is 44.1 Å². The third-order valence-corrected chi connectivity index (χ3v) is 10.8. The van der Waals surface area contributed by atoms with Gasteiger partial charge in [0, 0.05) is 13.2 Å². The first-order valence-corrected chi connectivity index (χ1v) is 13.4. The van der Waals surface area contributed by atoms with E-state index in [0.29, 0.717) is 13.2 Å². The zero-order valence-corrected chi connectivity index (χ0v) is 21.3. The molecule has 1 aliphatic heterocycles. The molecule has 4 nitrogen and oxygen atoms in total. The van der Waals surface area contributed by atoms with Gasteiger partial charge >= 0.3 is 6.09 Å². The average molecular weight is 452 g/mol. The summed E-state index contributed by atoms with van der Waals surface area (Å²) in [6.07, 6.45) is 4.78. The molecule has 0 saturated heterocycles. The minimum Gasteiger partial charge on any atom is -0.556 e. The fraction of sp³-hybridized carbons (Fsp3) is 0.444. The van der Waals surface area contributed by atoms with E-state index in [4.69, 9.17) is 9.16 Å². The van der Waals surface area contributed by atoms with Crippen LogP contribution in [0, 0.1) is 0 Å². The molecule has 0 bridgehead atoms. The van der Waals surface area contributed by atoms with Crippen LogP contribution in [0.15, 0.2) is 72.8 Å². The molecule has 2 aromatic rings. The summed E-state index contributed by atoms with van der Waals surface area (Å²) in [5.74, 6) is 0. The molecule has 0 unspecified atom stereocenters. The standard InChI is InChI=1S/C27H37NO3Si/c1-26(2,3)31-25(29)28-20-14-13-15-22(28)21-30-32(27(4,5)6,23-16-9-7-10-17-23)24-18-11-8-12-19-24/h7-13,15-19,22H,14,20-21H2,1-6H3/q-1/t22-/m0/s1. The maximum absolute atomic E-state index is 12.9. The Balaban J connectivity index is 1.98. The molecular weight excluding hydrogens is 414 g/mol. The van der Waals surface area contributed by atoms with E-state index in [9.17, 15) is 4.79 Å². The molecule has 0 fully saturated rings. The van der Waals surface area contributed by atoms with Crippen LogP contribution in [0.4, 0.5) is 4.79 Å². The van der Waals surface area contributed by atoms with Gasteiger partial charge in [-0.3, -0.25) is 4.90 Å². The first-order chi connectivity index (χ1) is 15.0.